The molecule has 0 bridgehead atoms. The number of benzene rings is 1. The number of rotatable bonds is 5. The lowest BCUT2D eigenvalue weighted by Crippen LogP contribution is -2.37. The minimum Gasteiger partial charge on any atom is -0.318 e. The number of alkyl halides is 3. The number of amides is 1. The van der Waals surface area contributed by atoms with E-state index in [1.165, 1.54) is 25.3 Å². The molecule has 0 aliphatic heterocycles. The summed E-state index contributed by atoms with van der Waals surface area (Å²) in [5.41, 5.74) is 1.03. The zero-order chi connectivity index (χ0) is 16.9. The molecule has 128 valence electrons. The highest BCUT2D eigenvalue weighted by Gasteiger charge is 2.38. The van der Waals surface area contributed by atoms with E-state index in [-0.39, 0.29) is 5.69 Å². The molecule has 6 heteroatoms. The average Bonchev–Trinajstić information content (AvgIpc) is 2.52. The van der Waals surface area contributed by atoms with E-state index >= 15 is 0 Å². The van der Waals surface area contributed by atoms with Crippen molar-refractivity contribution in [3.8, 4) is 0 Å². The van der Waals surface area contributed by atoms with Crippen LogP contribution in [0.3, 0.4) is 0 Å². The first-order valence-corrected chi connectivity index (χ1v) is 8.10. The van der Waals surface area contributed by atoms with Gasteiger partial charge >= 0.3 is 12.1 Å². The van der Waals surface area contributed by atoms with Crippen molar-refractivity contribution >= 4 is 11.6 Å². The highest BCUT2D eigenvalue weighted by atomic mass is 19.4. The van der Waals surface area contributed by atoms with Gasteiger partial charge in [0.2, 0.25) is 0 Å². The third-order valence-corrected chi connectivity index (χ3v) is 4.44. The molecule has 1 aromatic rings. The van der Waals surface area contributed by atoms with Crippen molar-refractivity contribution in [2.75, 3.05) is 5.32 Å². The van der Waals surface area contributed by atoms with E-state index in [0.29, 0.717) is 18.5 Å². The molecule has 1 saturated carbocycles. The van der Waals surface area contributed by atoms with E-state index in [0.717, 1.165) is 18.4 Å². The molecule has 3 nitrogen and oxygen atoms in total. The second-order valence-corrected chi connectivity index (χ2v) is 6.09. The maximum absolute atomic E-state index is 12.3. The zero-order valence-corrected chi connectivity index (χ0v) is 13.2. The minimum absolute atomic E-state index is 0.169. The van der Waals surface area contributed by atoms with Gasteiger partial charge in [-0.25, -0.2) is 0 Å². The van der Waals surface area contributed by atoms with Gasteiger partial charge in [0.1, 0.15) is 0 Å². The number of hydrogen-bond acceptors (Lipinski definition) is 2. The average molecular weight is 328 g/mol. The monoisotopic (exact) mass is 328 g/mol. The van der Waals surface area contributed by atoms with Crippen molar-refractivity contribution in [1.82, 2.24) is 5.32 Å². The van der Waals surface area contributed by atoms with Gasteiger partial charge < -0.3 is 10.6 Å². The highest BCUT2D eigenvalue weighted by molar-refractivity contribution is 5.94. The molecule has 1 aliphatic rings. The molecule has 0 saturated heterocycles. The van der Waals surface area contributed by atoms with E-state index in [1.807, 2.05) is 11.4 Å². The Balaban J connectivity index is 1.93. The summed E-state index contributed by atoms with van der Waals surface area (Å²) in [5, 5.41) is 5.40. The van der Waals surface area contributed by atoms with Crippen LogP contribution in [0, 0.1) is 5.92 Å². The Labute approximate surface area is 134 Å². The van der Waals surface area contributed by atoms with E-state index in [9.17, 15) is 18.0 Å². The van der Waals surface area contributed by atoms with Crippen molar-refractivity contribution in [2.24, 2.45) is 5.92 Å². The lowest BCUT2D eigenvalue weighted by atomic mass is 9.83. The summed E-state index contributed by atoms with van der Waals surface area (Å²) >= 11 is 0. The van der Waals surface area contributed by atoms with Crippen LogP contribution < -0.4 is 10.6 Å². The highest BCUT2D eigenvalue weighted by Crippen LogP contribution is 2.27. The summed E-state index contributed by atoms with van der Waals surface area (Å²) < 4.78 is 36.9. The topological polar surface area (TPSA) is 41.1 Å². The molecule has 1 amide bonds. The Morgan fingerprint density at radius 2 is 2.00 bits per heavy atom. The van der Waals surface area contributed by atoms with Gasteiger partial charge in [0.05, 0.1) is 0 Å². The number of hydrogen-bond donors (Lipinski definition) is 2. The lowest BCUT2D eigenvalue weighted by Gasteiger charge is -2.31. The number of halogens is 3. The summed E-state index contributed by atoms with van der Waals surface area (Å²) in [6, 6.07) is 7.01. The van der Waals surface area contributed by atoms with E-state index in [2.05, 4.69) is 12.2 Å². The zero-order valence-electron chi connectivity index (χ0n) is 13.2. The number of carbonyl (C=O) groups is 1. The van der Waals surface area contributed by atoms with Crippen LogP contribution in [0.2, 0.25) is 0 Å². The van der Waals surface area contributed by atoms with Crippen LogP contribution in [-0.2, 0) is 11.3 Å². The fourth-order valence-electron chi connectivity index (χ4n) is 3.17. The van der Waals surface area contributed by atoms with Gasteiger partial charge in [-0.05, 0) is 36.5 Å². The smallest absolute Gasteiger partial charge is 0.318 e. The van der Waals surface area contributed by atoms with Crippen molar-refractivity contribution in [1.29, 1.82) is 0 Å². The van der Waals surface area contributed by atoms with Crippen LogP contribution in [0.4, 0.5) is 18.9 Å². The molecule has 0 radical (unpaired) electrons. The summed E-state index contributed by atoms with van der Waals surface area (Å²) in [4.78, 5) is 11.0. The first kappa shape index (κ1) is 17.8. The minimum atomic E-state index is -4.87. The molecule has 2 rings (SSSR count). The molecule has 2 unspecified atom stereocenters. The summed E-state index contributed by atoms with van der Waals surface area (Å²) in [6.45, 7) is 2.79. The van der Waals surface area contributed by atoms with Crippen LogP contribution in [0.15, 0.2) is 24.3 Å². The van der Waals surface area contributed by atoms with Crippen LogP contribution in [0.25, 0.3) is 0 Å². The van der Waals surface area contributed by atoms with Gasteiger partial charge in [0, 0.05) is 18.3 Å². The van der Waals surface area contributed by atoms with Crippen LogP contribution in [0.5, 0.6) is 0 Å². The van der Waals surface area contributed by atoms with Gasteiger partial charge in [-0.1, -0.05) is 38.3 Å². The fourth-order valence-corrected chi connectivity index (χ4v) is 3.17. The van der Waals surface area contributed by atoms with Gasteiger partial charge in [-0.15, -0.1) is 0 Å². The van der Waals surface area contributed by atoms with Crippen molar-refractivity contribution in [3.63, 3.8) is 0 Å². The first-order valence-electron chi connectivity index (χ1n) is 8.10. The van der Waals surface area contributed by atoms with Gasteiger partial charge in [-0.2, -0.15) is 13.2 Å². The van der Waals surface area contributed by atoms with Gasteiger partial charge in [0.15, 0.2) is 0 Å². The van der Waals surface area contributed by atoms with E-state index in [4.69, 9.17) is 0 Å². The molecular weight excluding hydrogens is 305 g/mol. The molecule has 1 aliphatic carbocycles. The van der Waals surface area contributed by atoms with Crippen molar-refractivity contribution < 1.29 is 18.0 Å². The molecule has 1 aromatic carbocycles. The lowest BCUT2D eigenvalue weighted by molar-refractivity contribution is -0.167. The SMILES string of the molecule is CCC1CCCCC1NCc1cccc(NC(=O)C(F)(F)F)c1. The molecule has 2 atom stereocenters. The van der Waals surface area contributed by atoms with Crippen molar-refractivity contribution in [3.05, 3.63) is 29.8 Å². The largest absolute Gasteiger partial charge is 0.471 e. The van der Waals surface area contributed by atoms with Gasteiger partial charge in [0.25, 0.3) is 0 Å². The number of anilines is 1. The molecule has 2 N–H and O–H groups in total. The third kappa shape index (κ3) is 5.23. The quantitative estimate of drug-likeness (QED) is 0.848. The molecular formula is C17H23F3N2O. The fraction of sp³-hybridized carbons (Fsp3) is 0.588. The van der Waals surface area contributed by atoms with E-state index in [1.54, 1.807) is 12.1 Å². The third-order valence-electron chi connectivity index (χ3n) is 4.44. The molecule has 0 spiro atoms. The maximum atomic E-state index is 12.3. The van der Waals surface area contributed by atoms with E-state index < -0.39 is 12.1 Å². The van der Waals surface area contributed by atoms with Crippen LogP contribution in [-0.4, -0.2) is 18.1 Å². The molecule has 0 aromatic heterocycles. The normalized spacial score (nSPS) is 21.9. The predicted octanol–water partition coefficient (Wildman–Crippen LogP) is 4.25. The Hall–Kier alpha value is -1.56. The first-order chi connectivity index (χ1) is 10.9. The second-order valence-electron chi connectivity index (χ2n) is 6.09. The Kier molecular flexibility index (Phi) is 6.04. The Morgan fingerprint density at radius 3 is 2.70 bits per heavy atom. The predicted molar refractivity (Wildman–Crippen MR) is 84.0 cm³/mol. The molecule has 0 heterocycles. The maximum Gasteiger partial charge on any atom is 0.471 e. The number of nitrogens with one attached hydrogen (secondary N) is 2. The Bertz CT molecular complexity index is 531. The van der Waals surface area contributed by atoms with Crippen LogP contribution in [0.1, 0.15) is 44.6 Å². The van der Waals surface area contributed by atoms with Gasteiger partial charge in [-0.3, -0.25) is 4.79 Å². The molecule has 23 heavy (non-hydrogen) atoms. The summed E-state index contributed by atoms with van der Waals surface area (Å²) in [5.74, 6) is -1.28. The Morgan fingerprint density at radius 1 is 1.26 bits per heavy atom. The number of carbonyl (C=O) groups excluding carboxylic acids is 1. The molecule has 1 fully saturated rings. The standard InChI is InChI=1S/C17H23F3N2O/c1-2-13-7-3-4-9-15(13)21-11-12-6-5-8-14(10-12)22-16(23)17(18,19)20/h5-6,8,10,13,15,21H,2-4,7,9,11H2,1H3,(H,22,23). The summed E-state index contributed by atoms with van der Waals surface area (Å²) in [6.07, 6.45) is 1.13. The second kappa shape index (κ2) is 7.81. The van der Waals surface area contributed by atoms with Crippen molar-refractivity contribution in [2.45, 2.75) is 57.8 Å². The van der Waals surface area contributed by atoms with Crippen LogP contribution >= 0.6 is 0 Å². The summed E-state index contributed by atoms with van der Waals surface area (Å²) in [7, 11) is 0.